The highest BCUT2D eigenvalue weighted by atomic mass is 16.3. The molecule has 0 atom stereocenters. The van der Waals surface area contributed by atoms with Gasteiger partial charge >= 0.3 is 0 Å². The fourth-order valence-corrected chi connectivity index (χ4v) is 3.68. The Hall–Kier alpha value is -3.34. The van der Waals surface area contributed by atoms with Gasteiger partial charge in [0.15, 0.2) is 0 Å². The second kappa shape index (κ2) is 6.76. The van der Waals surface area contributed by atoms with Crippen LogP contribution in [0.1, 0.15) is 17.7 Å². The third kappa shape index (κ3) is 3.01. The number of nitrogens with one attached hydrogen (secondary N) is 1. The number of hydrogen-bond acceptors (Lipinski definition) is 5. The Kier molecular flexibility index (Phi) is 3.98. The molecule has 0 spiro atoms. The molecule has 1 aliphatic heterocycles. The van der Waals surface area contributed by atoms with Gasteiger partial charge in [-0.1, -0.05) is 30.3 Å². The lowest BCUT2D eigenvalue weighted by atomic mass is 10.0. The number of anilines is 3. The molecular formula is C22H20N4O. The van der Waals surface area contributed by atoms with Crippen LogP contribution < -0.4 is 10.2 Å². The topological polar surface area (TPSA) is 54.2 Å². The van der Waals surface area contributed by atoms with Crippen LogP contribution in [0.2, 0.25) is 0 Å². The second-order valence-electron chi connectivity index (χ2n) is 6.70. The highest BCUT2D eigenvalue weighted by Crippen LogP contribution is 2.36. The van der Waals surface area contributed by atoms with E-state index >= 15 is 0 Å². The molecule has 27 heavy (non-hydrogen) atoms. The van der Waals surface area contributed by atoms with Gasteiger partial charge in [-0.05, 0) is 48.7 Å². The van der Waals surface area contributed by atoms with Gasteiger partial charge in [0.25, 0.3) is 0 Å². The number of hydrogen-bond donors (Lipinski definition) is 1. The van der Waals surface area contributed by atoms with E-state index in [1.54, 1.807) is 6.26 Å². The van der Waals surface area contributed by atoms with E-state index < -0.39 is 0 Å². The normalized spacial score (nSPS) is 13.6. The van der Waals surface area contributed by atoms with Crippen LogP contribution in [0.3, 0.4) is 0 Å². The molecule has 2 aromatic carbocycles. The largest absolute Gasteiger partial charge is 0.467 e. The summed E-state index contributed by atoms with van der Waals surface area (Å²) in [4.78, 5) is 11.9. The summed E-state index contributed by atoms with van der Waals surface area (Å²) < 4.78 is 5.41. The van der Waals surface area contributed by atoms with E-state index in [0.717, 1.165) is 41.9 Å². The molecule has 3 heterocycles. The van der Waals surface area contributed by atoms with Gasteiger partial charge in [0, 0.05) is 17.6 Å². The minimum absolute atomic E-state index is 0.557. The smallest absolute Gasteiger partial charge is 0.225 e. The van der Waals surface area contributed by atoms with Crippen LogP contribution in [0.4, 0.5) is 17.5 Å². The zero-order valence-corrected chi connectivity index (χ0v) is 14.9. The van der Waals surface area contributed by atoms with Gasteiger partial charge in [-0.25, -0.2) is 4.98 Å². The molecule has 2 aromatic heterocycles. The molecule has 0 aliphatic carbocycles. The Bertz CT molecular complexity index is 1070. The summed E-state index contributed by atoms with van der Waals surface area (Å²) in [6.07, 6.45) is 3.90. The first-order chi connectivity index (χ1) is 13.4. The molecule has 5 nitrogen and oxygen atoms in total. The molecule has 0 unspecified atom stereocenters. The molecule has 0 saturated heterocycles. The van der Waals surface area contributed by atoms with Gasteiger partial charge in [-0.3, -0.25) is 0 Å². The standard InChI is InChI=1S/C22H20N4O/c1-4-12-20-16(7-1)8-5-13-26(20)21-18-10-2-3-11-19(18)24-22(25-21)23-15-17-9-6-14-27-17/h1-4,6-7,9-12,14H,5,8,13,15H2,(H,23,24,25). The van der Waals surface area contributed by atoms with E-state index in [0.29, 0.717) is 12.5 Å². The van der Waals surface area contributed by atoms with Crippen molar-refractivity contribution < 1.29 is 4.42 Å². The predicted octanol–water partition coefficient (Wildman–Crippen LogP) is 4.92. The SMILES string of the molecule is c1coc(CNc2nc(N3CCCc4ccccc43)c3ccccc3n2)c1. The summed E-state index contributed by atoms with van der Waals surface area (Å²) >= 11 is 0. The van der Waals surface area contributed by atoms with Crippen LogP contribution in [-0.2, 0) is 13.0 Å². The van der Waals surface area contributed by atoms with Gasteiger partial charge < -0.3 is 14.6 Å². The first-order valence-corrected chi connectivity index (χ1v) is 9.27. The monoisotopic (exact) mass is 356 g/mol. The van der Waals surface area contributed by atoms with Crippen molar-refractivity contribution in [3.63, 3.8) is 0 Å². The number of aryl methyl sites for hydroxylation is 1. The van der Waals surface area contributed by atoms with Crippen LogP contribution in [0, 0.1) is 0 Å². The maximum atomic E-state index is 5.41. The first kappa shape index (κ1) is 15.9. The lowest BCUT2D eigenvalue weighted by Gasteiger charge is -2.31. The fraction of sp³-hybridized carbons (Fsp3) is 0.182. The lowest BCUT2D eigenvalue weighted by molar-refractivity contribution is 0.517. The van der Waals surface area contributed by atoms with Crippen LogP contribution in [-0.4, -0.2) is 16.5 Å². The van der Waals surface area contributed by atoms with Gasteiger partial charge in [0.05, 0.1) is 18.3 Å². The van der Waals surface area contributed by atoms with E-state index in [1.807, 2.05) is 30.3 Å². The van der Waals surface area contributed by atoms with Crippen LogP contribution in [0.15, 0.2) is 71.3 Å². The number of rotatable bonds is 4. The fourth-order valence-electron chi connectivity index (χ4n) is 3.68. The summed E-state index contributed by atoms with van der Waals surface area (Å²) in [6.45, 7) is 1.51. The van der Waals surface area contributed by atoms with Crippen LogP contribution in [0.25, 0.3) is 10.9 Å². The molecule has 5 rings (SSSR count). The lowest BCUT2D eigenvalue weighted by Crippen LogP contribution is -2.26. The van der Waals surface area contributed by atoms with Gasteiger partial charge in [0.1, 0.15) is 11.6 Å². The Balaban J connectivity index is 1.59. The Morgan fingerprint density at radius 3 is 2.78 bits per heavy atom. The van der Waals surface area contributed by atoms with Crippen LogP contribution in [0.5, 0.6) is 0 Å². The molecular weight excluding hydrogens is 336 g/mol. The van der Waals surface area contributed by atoms with E-state index in [-0.39, 0.29) is 0 Å². The number of para-hydroxylation sites is 2. The summed E-state index contributed by atoms with van der Waals surface area (Å²) in [5.41, 5.74) is 3.55. The molecule has 134 valence electrons. The van der Waals surface area contributed by atoms with Crippen molar-refractivity contribution in [3.05, 3.63) is 78.3 Å². The third-order valence-corrected chi connectivity index (χ3v) is 4.95. The van der Waals surface area contributed by atoms with Crippen molar-refractivity contribution in [1.29, 1.82) is 0 Å². The van der Waals surface area contributed by atoms with Gasteiger partial charge in [-0.2, -0.15) is 4.98 Å². The van der Waals surface area contributed by atoms with Crippen molar-refractivity contribution in [3.8, 4) is 0 Å². The Labute approximate surface area is 157 Å². The third-order valence-electron chi connectivity index (χ3n) is 4.95. The maximum Gasteiger partial charge on any atom is 0.225 e. The molecule has 0 bridgehead atoms. The average Bonchev–Trinajstić information content (AvgIpc) is 3.25. The van der Waals surface area contributed by atoms with Crippen molar-refractivity contribution in [2.45, 2.75) is 19.4 Å². The van der Waals surface area contributed by atoms with E-state index in [9.17, 15) is 0 Å². The second-order valence-corrected chi connectivity index (χ2v) is 6.70. The molecule has 0 amide bonds. The van der Waals surface area contributed by atoms with Crippen molar-refractivity contribution in [2.24, 2.45) is 0 Å². The zero-order chi connectivity index (χ0) is 18.1. The average molecular weight is 356 g/mol. The van der Waals surface area contributed by atoms with Gasteiger partial charge in [0.2, 0.25) is 5.95 Å². The Morgan fingerprint density at radius 1 is 0.963 bits per heavy atom. The number of aromatic nitrogens is 2. The molecule has 0 fully saturated rings. The van der Waals surface area contributed by atoms with Crippen molar-refractivity contribution in [2.75, 3.05) is 16.8 Å². The highest BCUT2D eigenvalue weighted by molar-refractivity contribution is 5.93. The van der Waals surface area contributed by atoms with Crippen molar-refractivity contribution in [1.82, 2.24) is 9.97 Å². The first-order valence-electron chi connectivity index (χ1n) is 9.27. The zero-order valence-electron chi connectivity index (χ0n) is 14.9. The minimum atomic E-state index is 0.557. The van der Waals surface area contributed by atoms with E-state index in [2.05, 4.69) is 40.5 Å². The minimum Gasteiger partial charge on any atom is -0.467 e. The van der Waals surface area contributed by atoms with E-state index in [4.69, 9.17) is 14.4 Å². The molecule has 4 aromatic rings. The summed E-state index contributed by atoms with van der Waals surface area (Å²) in [5.74, 6) is 2.43. The molecule has 5 heteroatoms. The molecule has 1 N–H and O–H groups in total. The molecule has 1 aliphatic rings. The number of nitrogens with zero attached hydrogens (tertiary/aromatic N) is 3. The molecule has 0 saturated carbocycles. The van der Waals surface area contributed by atoms with Gasteiger partial charge in [-0.15, -0.1) is 0 Å². The summed E-state index contributed by atoms with van der Waals surface area (Å²) in [5, 5.41) is 4.37. The molecule has 0 radical (unpaired) electrons. The highest BCUT2D eigenvalue weighted by Gasteiger charge is 2.21. The number of fused-ring (bicyclic) bond motifs is 2. The number of benzene rings is 2. The summed E-state index contributed by atoms with van der Waals surface area (Å²) in [6, 6.07) is 20.6. The van der Waals surface area contributed by atoms with Crippen molar-refractivity contribution >= 4 is 28.4 Å². The Morgan fingerprint density at radius 2 is 1.85 bits per heavy atom. The summed E-state index contributed by atoms with van der Waals surface area (Å²) in [7, 11) is 0. The van der Waals surface area contributed by atoms with E-state index in [1.165, 1.54) is 11.3 Å². The van der Waals surface area contributed by atoms with Crippen LogP contribution >= 0.6 is 0 Å². The quantitative estimate of drug-likeness (QED) is 0.562. The predicted molar refractivity (Wildman–Crippen MR) is 107 cm³/mol. The maximum absolute atomic E-state index is 5.41. The number of furan rings is 1.